The van der Waals surface area contributed by atoms with Gasteiger partial charge in [0.15, 0.2) is 0 Å². The molecule has 11 heavy (non-hydrogen) atoms. The molecule has 2 aliphatic carbocycles. The van der Waals surface area contributed by atoms with Crippen LogP contribution in [0.25, 0.3) is 0 Å². The predicted octanol–water partition coefficient (Wildman–Crippen LogP) is 0.885. The maximum Gasteiger partial charge on any atom is 0.113 e. The molecule has 0 aromatic heterocycles. The zero-order chi connectivity index (χ0) is 7.42. The van der Waals surface area contributed by atoms with Gasteiger partial charge in [-0.2, -0.15) is 0 Å². The Labute approximate surface area is 66.4 Å². The summed E-state index contributed by atoms with van der Waals surface area (Å²) in [6.45, 7) is 1.74. The highest BCUT2D eigenvalue weighted by molar-refractivity contribution is 5.36. The Kier molecular flexibility index (Phi) is 0.995. The first-order valence-corrected chi connectivity index (χ1v) is 4.47. The lowest BCUT2D eigenvalue weighted by molar-refractivity contribution is 0.144. The van der Waals surface area contributed by atoms with Gasteiger partial charge in [0.2, 0.25) is 0 Å². The second-order valence-corrected chi connectivity index (χ2v) is 3.87. The van der Waals surface area contributed by atoms with Crippen LogP contribution < -0.4 is 5.73 Å². The molecule has 1 heterocycles. The number of hydrogen-bond acceptors (Lipinski definition) is 2. The van der Waals surface area contributed by atoms with Gasteiger partial charge in [0.1, 0.15) is 12.4 Å². The van der Waals surface area contributed by atoms with Gasteiger partial charge < -0.3 is 10.5 Å². The normalized spacial score (nSPS) is 44.3. The van der Waals surface area contributed by atoms with Gasteiger partial charge in [-0.15, -0.1) is 0 Å². The quantitative estimate of drug-likeness (QED) is 0.636. The topological polar surface area (TPSA) is 35.2 Å². The molecular weight excluding hydrogens is 138 g/mol. The van der Waals surface area contributed by atoms with E-state index in [2.05, 4.69) is 0 Å². The smallest absolute Gasteiger partial charge is 0.113 e. The van der Waals surface area contributed by atoms with E-state index >= 15 is 0 Å². The van der Waals surface area contributed by atoms with Crippen LogP contribution in [0.1, 0.15) is 12.8 Å². The second-order valence-electron chi connectivity index (χ2n) is 3.87. The molecule has 3 aliphatic rings. The molecule has 2 N–H and O–H groups in total. The Morgan fingerprint density at radius 2 is 2.45 bits per heavy atom. The molecule has 0 aromatic rings. The van der Waals surface area contributed by atoms with Crippen molar-refractivity contribution in [2.45, 2.75) is 12.8 Å². The minimum Gasteiger partial charge on any atom is -0.493 e. The second kappa shape index (κ2) is 1.81. The lowest BCUT2D eigenvalue weighted by Crippen LogP contribution is -2.20. The number of nitrogens with two attached hydrogens (primary N) is 1. The first-order chi connectivity index (χ1) is 5.42. The van der Waals surface area contributed by atoms with Gasteiger partial charge in [-0.1, -0.05) is 0 Å². The summed E-state index contributed by atoms with van der Waals surface area (Å²) in [7, 11) is 0. The maximum atomic E-state index is 5.54. The molecule has 2 heteroatoms. The highest BCUT2D eigenvalue weighted by Gasteiger charge is 2.56. The minimum atomic E-state index is 0.716. The van der Waals surface area contributed by atoms with E-state index in [4.69, 9.17) is 10.5 Å². The third-order valence-electron chi connectivity index (χ3n) is 3.32. The van der Waals surface area contributed by atoms with Crippen molar-refractivity contribution >= 4 is 0 Å². The van der Waals surface area contributed by atoms with Crippen molar-refractivity contribution in [1.29, 1.82) is 0 Å². The summed E-state index contributed by atoms with van der Waals surface area (Å²) in [4.78, 5) is 0. The van der Waals surface area contributed by atoms with Crippen molar-refractivity contribution in [3.8, 4) is 0 Å². The van der Waals surface area contributed by atoms with Crippen molar-refractivity contribution in [3.63, 3.8) is 0 Å². The highest BCUT2D eigenvalue weighted by atomic mass is 16.5. The summed E-state index contributed by atoms with van der Waals surface area (Å²) in [6, 6.07) is 0. The van der Waals surface area contributed by atoms with E-state index in [1.54, 1.807) is 5.57 Å². The predicted molar refractivity (Wildman–Crippen MR) is 41.7 cm³/mol. The van der Waals surface area contributed by atoms with Crippen molar-refractivity contribution in [1.82, 2.24) is 0 Å². The third-order valence-corrected chi connectivity index (χ3v) is 3.32. The molecule has 1 fully saturated rings. The molecule has 0 spiro atoms. The Morgan fingerprint density at radius 1 is 1.55 bits per heavy atom. The number of allylic oxidation sites excluding steroid dienone is 1. The third kappa shape index (κ3) is 0.614. The van der Waals surface area contributed by atoms with Gasteiger partial charge in [0.05, 0.1) is 0 Å². The van der Waals surface area contributed by atoms with Crippen molar-refractivity contribution in [2.24, 2.45) is 23.5 Å². The Hall–Kier alpha value is -0.500. The lowest BCUT2D eigenvalue weighted by atomic mass is 9.98. The van der Waals surface area contributed by atoms with E-state index in [1.807, 2.05) is 0 Å². The van der Waals surface area contributed by atoms with Gasteiger partial charge in [-0.05, 0) is 31.2 Å². The standard InChI is InChI=1S/C9H13NO/c10-2-1-5-6-3-7(6)8-4-11-9(5)8/h5-7H,1-4,10H2/t5?,6-,7?/m1/s1. The zero-order valence-electron chi connectivity index (χ0n) is 6.55. The summed E-state index contributed by atoms with van der Waals surface area (Å²) in [5, 5.41) is 0. The summed E-state index contributed by atoms with van der Waals surface area (Å²) < 4.78 is 5.44. The van der Waals surface area contributed by atoms with Crippen LogP contribution in [0.5, 0.6) is 0 Å². The van der Waals surface area contributed by atoms with E-state index < -0.39 is 0 Å². The lowest BCUT2D eigenvalue weighted by Gasteiger charge is -2.26. The van der Waals surface area contributed by atoms with Crippen LogP contribution in [-0.2, 0) is 4.74 Å². The summed E-state index contributed by atoms with van der Waals surface area (Å²) in [5.41, 5.74) is 7.18. The Bertz CT molecular complexity index is 234. The average Bonchev–Trinajstić information content (AvgIpc) is 2.60. The van der Waals surface area contributed by atoms with Gasteiger partial charge in [0, 0.05) is 11.5 Å². The summed E-state index contributed by atoms with van der Waals surface area (Å²) in [5.74, 6) is 3.91. The van der Waals surface area contributed by atoms with Gasteiger partial charge in [-0.3, -0.25) is 0 Å². The molecule has 0 bridgehead atoms. The number of fused-ring (bicyclic) bond motifs is 2. The number of rotatable bonds is 2. The molecule has 3 atom stereocenters. The fourth-order valence-electron chi connectivity index (χ4n) is 2.65. The molecule has 3 rings (SSSR count). The molecule has 1 aliphatic heterocycles. The first kappa shape index (κ1) is 6.06. The Morgan fingerprint density at radius 3 is 3.00 bits per heavy atom. The summed E-state index contributed by atoms with van der Waals surface area (Å²) >= 11 is 0. The van der Waals surface area contributed by atoms with Crippen LogP contribution in [0.15, 0.2) is 11.3 Å². The van der Waals surface area contributed by atoms with Crippen molar-refractivity contribution in [2.75, 3.05) is 13.2 Å². The largest absolute Gasteiger partial charge is 0.493 e. The fraction of sp³-hybridized carbons (Fsp3) is 0.778. The monoisotopic (exact) mass is 151 g/mol. The molecular formula is C9H13NO. The van der Waals surface area contributed by atoms with Crippen molar-refractivity contribution < 1.29 is 4.74 Å². The molecule has 2 unspecified atom stereocenters. The molecule has 2 nitrogen and oxygen atoms in total. The van der Waals surface area contributed by atoms with Crippen LogP contribution in [0, 0.1) is 17.8 Å². The van der Waals surface area contributed by atoms with Crippen LogP contribution in [-0.4, -0.2) is 13.2 Å². The van der Waals surface area contributed by atoms with E-state index in [9.17, 15) is 0 Å². The summed E-state index contributed by atoms with van der Waals surface area (Å²) in [6.07, 6.45) is 2.56. The van der Waals surface area contributed by atoms with Crippen LogP contribution in [0.4, 0.5) is 0 Å². The molecule has 0 radical (unpaired) electrons. The Balaban J connectivity index is 1.85. The van der Waals surface area contributed by atoms with Crippen LogP contribution in [0.2, 0.25) is 0 Å². The molecule has 0 aromatic carbocycles. The van der Waals surface area contributed by atoms with Gasteiger partial charge in [0.25, 0.3) is 0 Å². The van der Waals surface area contributed by atoms with Gasteiger partial charge in [-0.25, -0.2) is 0 Å². The number of ether oxygens (including phenoxy) is 1. The maximum absolute atomic E-state index is 5.54. The van der Waals surface area contributed by atoms with E-state index in [1.165, 1.54) is 12.2 Å². The number of hydrogen-bond donors (Lipinski definition) is 1. The molecule has 0 saturated heterocycles. The van der Waals surface area contributed by atoms with Crippen molar-refractivity contribution in [3.05, 3.63) is 11.3 Å². The average molecular weight is 151 g/mol. The van der Waals surface area contributed by atoms with Crippen LogP contribution in [0.3, 0.4) is 0 Å². The SMILES string of the molecule is NCCC1C2=C(CO2)C2C[C@@H]21. The van der Waals surface area contributed by atoms with E-state index in [-0.39, 0.29) is 0 Å². The molecule has 0 amide bonds. The van der Waals surface area contributed by atoms with Crippen LogP contribution >= 0.6 is 0 Å². The fourth-order valence-corrected chi connectivity index (χ4v) is 2.65. The van der Waals surface area contributed by atoms with E-state index in [0.29, 0.717) is 5.92 Å². The highest BCUT2D eigenvalue weighted by Crippen LogP contribution is 2.62. The molecule has 60 valence electrons. The van der Waals surface area contributed by atoms with E-state index in [0.717, 1.165) is 31.4 Å². The first-order valence-electron chi connectivity index (χ1n) is 4.47. The minimum absolute atomic E-state index is 0.716. The molecule has 1 saturated carbocycles. The van der Waals surface area contributed by atoms with Gasteiger partial charge >= 0.3 is 0 Å². The zero-order valence-corrected chi connectivity index (χ0v) is 6.55.